The zero-order chi connectivity index (χ0) is 13.5. The molecule has 1 aromatic rings. The molecule has 1 aliphatic rings. The number of carbonyl (C=O) groups is 1. The largest absolute Gasteiger partial charge is 0.481 e. The highest BCUT2D eigenvalue weighted by molar-refractivity contribution is 5.66. The summed E-state index contributed by atoms with van der Waals surface area (Å²) in [6, 6.07) is 0. The molecule has 0 spiro atoms. The number of nitrogens with zero attached hydrogens (tertiary/aromatic N) is 4. The minimum Gasteiger partial charge on any atom is -0.481 e. The molecule has 2 rings (SSSR count). The van der Waals surface area contributed by atoms with E-state index in [2.05, 4.69) is 15.5 Å². The van der Waals surface area contributed by atoms with E-state index < -0.39 is 5.97 Å². The average Bonchev–Trinajstić information content (AvgIpc) is 2.76. The van der Waals surface area contributed by atoms with Crippen molar-refractivity contribution >= 4 is 5.97 Å². The van der Waals surface area contributed by atoms with Crippen molar-refractivity contribution in [3.63, 3.8) is 0 Å². The van der Waals surface area contributed by atoms with E-state index in [0.29, 0.717) is 18.9 Å². The number of carboxylic acids is 1. The molecule has 1 N–H and O–H groups in total. The minimum absolute atomic E-state index is 0.171. The Morgan fingerprint density at radius 3 is 2.58 bits per heavy atom. The maximum absolute atomic E-state index is 10.5. The van der Waals surface area contributed by atoms with Gasteiger partial charge in [0.2, 0.25) is 0 Å². The summed E-state index contributed by atoms with van der Waals surface area (Å²) in [6.45, 7) is 0.602. The fourth-order valence-electron chi connectivity index (χ4n) is 2.76. The fraction of sp³-hybridized carbons (Fsp3) is 0.846. The Balaban J connectivity index is 1.94. The Kier molecular flexibility index (Phi) is 5.30. The number of aromatic nitrogens is 4. The molecule has 0 bridgehead atoms. The summed E-state index contributed by atoms with van der Waals surface area (Å²) in [5, 5.41) is 20.6. The summed E-state index contributed by atoms with van der Waals surface area (Å²) in [4.78, 5) is 10.5. The molecular weight excluding hydrogens is 244 g/mol. The molecule has 6 nitrogen and oxygen atoms in total. The standard InChI is InChI=1S/C13H22N4O2/c18-12(19)9-6-10-17-13(14-15-16-17)11-7-4-2-1-3-5-8-11/h11H,1-10H2,(H,18,19). The molecule has 0 atom stereocenters. The molecule has 1 fully saturated rings. The van der Waals surface area contributed by atoms with Crippen LogP contribution >= 0.6 is 0 Å². The molecule has 106 valence electrons. The Morgan fingerprint density at radius 2 is 1.89 bits per heavy atom. The maximum atomic E-state index is 10.5. The Hall–Kier alpha value is -1.46. The van der Waals surface area contributed by atoms with E-state index in [4.69, 9.17) is 5.11 Å². The predicted molar refractivity (Wildman–Crippen MR) is 69.7 cm³/mol. The van der Waals surface area contributed by atoms with Crippen LogP contribution in [0.25, 0.3) is 0 Å². The number of hydrogen-bond donors (Lipinski definition) is 1. The van der Waals surface area contributed by atoms with Gasteiger partial charge < -0.3 is 5.11 Å². The normalized spacial score (nSPS) is 17.9. The number of carboxylic acid groups (broad SMARTS) is 1. The highest BCUT2D eigenvalue weighted by Crippen LogP contribution is 2.29. The van der Waals surface area contributed by atoms with Crippen LogP contribution in [-0.4, -0.2) is 31.3 Å². The molecule has 0 radical (unpaired) electrons. The second kappa shape index (κ2) is 7.21. The van der Waals surface area contributed by atoms with Crippen molar-refractivity contribution in [1.29, 1.82) is 0 Å². The third-order valence-corrected chi connectivity index (χ3v) is 3.79. The van der Waals surface area contributed by atoms with Crippen LogP contribution in [0, 0.1) is 0 Å². The topological polar surface area (TPSA) is 80.9 Å². The molecule has 1 aromatic heterocycles. The molecule has 0 aliphatic heterocycles. The van der Waals surface area contributed by atoms with Crippen molar-refractivity contribution in [1.82, 2.24) is 20.2 Å². The van der Waals surface area contributed by atoms with Crippen LogP contribution in [-0.2, 0) is 11.3 Å². The molecule has 0 saturated heterocycles. The smallest absolute Gasteiger partial charge is 0.303 e. The first-order chi connectivity index (χ1) is 9.27. The first-order valence-electron chi connectivity index (χ1n) is 7.25. The summed E-state index contributed by atoms with van der Waals surface area (Å²) < 4.78 is 1.80. The van der Waals surface area contributed by atoms with Crippen LogP contribution in [0.3, 0.4) is 0 Å². The van der Waals surface area contributed by atoms with Gasteiger partial charge in [-0.2, -0.15) is 0 Å². The predicted octanol–water partition coefficient (Wildman–Crippen LogP) is 2.37. The van der Waals surface area contributed by atoms with E-state index in [1.54, 1.807) is 4.68 Å². The lowest BCUT2D eigenvalue weighted by Gasteiger charge is -2.18. The van der Waals surface area contributed by atoms with Crippen LogP contribution in [0.15, 0.2) is 0 Å². The Labute approximate surface area is 113 Å². The second-order valence-corrected chi connectivity index (χ2v) is 5.30. The number of aliphatic carboxylic acids is 1. The Bertz CT molecular complexity index is 397. The summed E-state index contributed by atoms with van der Waals surface area (Å²) >= 11 is 0. The summed E-state index contributed by atoms with van der Waals surface area (Å²) in [6.07, 6.45) is 9.49. The number of tetrazole rings is 1. The lowest BCUT2D eigenvalue weighted by molar-refractivity contribution is -0.137. The molecular formula is C13H22N4O2. The lowest BCUT2D eigenvalue weighted by atomic mass is 9.90. The van der Waals surface area contributed by atoms with Gasteiger partial charge in [0.15, 0.2) is 5.82 Å². The van der Waals surface area contributed by atoms with E-state index >= 15 is 0 Å². The highest BCUT2D eigenvalue weighted by atomic mass is 16.4. The Morgan fingerprint density at radius 1 is 1.21 bits per heavy atom. The molecule has 1 saturated carbocycles. The van der Waals surface area contributed by atoms with Gasteiger partial charge in [-0.15, -0.1) is 5.10 Å². The van der Waals surface area contributed by atoms with Crippen LogP contribution < -0.4 is 0 Å². The van der Waals surface area contributed by atoms with Crippen molar-refractivity contribution in [2.75, 3.05) is 0 Å². The van der Waals surface area contributed by atoms with E-state index in [0.717, 1.165) is 18.7 Å². The van der Waals surface area contributed by atoms with Gasteiger partial charge in [0, 0.05) is 18.9 Å². The number of rotatable bonds is 5. The molecule has 0 aromatic carbocycles. The van der Waals surface area contributed by atoms with Gasteiger partial charge in [-0.1, -0.05) is 32.1 Å². The monoisotopic (exact) mass is 266 g/mol. The first kappa shape index (κ1) is 14.0. The van der Waals surface area contributed by atoms with Crippen LogP contribution in [0.2, 0.25) is 0 Å². The van der Waals surface area contributed by atoms with Gasteiger partial charge in [0.1, 0.15) is 0 Å². The SMILES string of the molecule is O=C(O)CCCn1nnnc1C1CCCCCCC1. The summed E-state index contributed by atoms with van der Waals surface area (Å²) in [5.74, 6) is 0.632. The van der Waals surface area contributed by atoms with Crippen LogP contribution in [0.5, 0.6) is 0 Å². The first-order valence-corrected chi connectivity index (χ1v) is 7.25. The fourth-order valence-corrected chi connectivity index (χ4v) is 2.76. The number of aryl methyl sites for hydroxylation is 1. The molecule has 1 heterocycles. The van der Waals surface area contributed by atoms with Crippen molar-refractivity contribution in [3.8, 4) is 0 Å². The highest BCUT2D eigenvalue weighted by Gasteiger charge is 2.19. The van der Waals surface area contributed by atoms with E-state index in [9.17, 15) is 4.79 Å². The van der Waals surface area contributed by atoms with Crippen molar-refractivity contribution in [2.45, 2.75) is 70.3 Å². The third kappa shape index (κ3) is 4.29. The molecule has 0 unspecified atom stereocenters. The zero-order valence-corrected chi connectivity index (χ0v) is 11.3. The van der Waals surface area contributed by atoms with Crippen LogP contribution in [0.4, 0.5) is 0 Å². The van der Waals surface area contributed by atoms with E-state index in [-0.39, 0.29) is 6.42 Å². The molecule has 19 heavy (non-hydrogen) atoms. The van der Waals surface area contributed by atoms with E-state index in [1.807, 2.05) is 0 Å². The third-order valence-electron chi connectivity index (χ3n) is 3.79. The van der Waals surface area contributed by atoms with Gasteiger partial charge in [-0.3, -0.25) is 4.79 Å². The van der Waals surface area contributed by atoms with Gasteiger partial charge in [-0.05, 0) is 29.7 Å². The van der Waals surface area contributed by atoms with Gasteiger partial charge >= 0.3 is 5.97 Å². The van der Waals surface area contributed by atoms with Crippen molar-refractivity contribution < 1.29 is 9.90 Å². The quantitative estimate of drug-likeness (QED) is 0.884. The average molecular weight is 266 g/mol. The van der Waals surface area contributed by atoms with Crippen molar-refractivity contribution in [2.24, 2.45) is 0 Å². The van der Waals surface area contributed by atoms with Crippen molar-refractivity contribution in [3.05, 3.63) is 5.82 Å². The van der Waals surface area contributed by atoms with Crippen LogP contribution in [0.1, 0.15) is 69.5 Å². The van der Waals surface area contributed by atoms with E-state index in [1.165, 1.54) is 32.1 Å². The molecule has 0 amide bonds. The molecule has 6 heteroatoms. The lowest BCUT2D eigenvalue weighted by Crippen LogP contribution is -2.13. The van der Waals surface area contributed by atoms with Gasteiger partial charge in [0.25, 0.3) is 0 Å². The minimum atomic E-state index is -0.763. The second-order valence-electron chi connectivity index (χ2n) is 5.30. The maximum Gasteiger partial charge on any atom is 0.303 e. The number of hydrogen-bond acceptors (Lipinski definition) is 4. The molecule has 1 aliphatic carbocycles. The summed E-state index contributed by atoms with van der Waals surface area (Å²) in [7, 11) is 0. The zero-order valence-electron chi connectivity index (χ0n) is 11.3. The van der Waals surface area contributed by atoms with Gasteiger partial charge in [-0.25, -0.2) is 4.68 Å². The van der Waals surface area contributed by atoms with Gasteiger partial charge in [0.05, 0.1) is 0 Å². The summed E-state index contributed by atoms with van der Waals surface area (Å²) in [5.41, 5.74) is 0.